The standard InChI is InChI=1S/C52H44N2/c1-35-13-7-8-16-43(35)37-23-28-41(29-24-37)54-50-20-12-10-18-46(50)47-33-38(25-32-51(47)54)36-21-26-40(27-22-36)53(39-14-5-4-6-15-39)42-30-31-45-44-17-9-11-19-48(44)52(2,3)49(45)34-42/h4-33,35,43,49H,34H2,1-3H3/t35?,43?,49-/m1/s1. The molecule has 3 atom stereocenters. The lowest BCUT2D eigenvalue weighted by atomic mass is 9.74. The Morgan fingerprint density at radius 3 is 2.11 bits per heavy atom. The summed E-state index contributed by atoms with van der Waals surface area (Å²) in [4.78, 5) is 2.46. The van der Waals surface area contributed by atoms with Crippen molar-refractivity contribution in [1.82, 2.24) is 4.57 Å². The Balaban J connectivity index is 0.999. The molecule has 3 aliphatic carbocycles. The molecule has 2 unspecified atom stereocenters. The van der Waals surface area contributed by atoms with E-state index in [4.69, 9.17) is 0 Å². The zero-order chi connectivity index (χ0) is 36.4. The minimum absolute atomic E-state index is 0.0719. The molecule has 6 aromatic carbocycles. The van der Waals surface area contributed by atoms with Crippen LogP contribution in [-0.2, 0) is 5.41 Å². The lowest BCUT2D eigenvalue weighted by molar-refractivity contribution is 0.406. The number of hydrogen-bond donors (Lipinski definition) is 0. The molecule has 0 bridgehead atoms. The first-order valence-corrected chi connectivity index (χ1v) is 19.4. The second-order valence-electron chi connectivity index (χ2n) is 15.9. The van der Waals surface area contributed by atoms with Gasteiger partial charge in [-0.1, -0.05) is 142 Å². The van der Waals surface area contributed by atoms with Gasteiger partial charge in [0, 0.05) is 39.4 Å². The topological polar surface area (TPSA) is 8.17 Å². The molecule has 0 saturated heterocycles. The molecule has 0 N–H and O–H groups in total. The van der Waals surface area contributed by atoms with E-state index in [1.807, 2.05) is 0 Å². The third-order valence-electron chi connectivity index (χ3n) is 12.4. The molecule has 262 valence electrons. The smallest absolute Gasteiger partial charge is 0.0541 e. The van der Waals surface area contributed by atoms with Crippen LogP contribution in [0.4, 0.5) is 11.4 Å². The Kier molecular flexibility index (Phi) is 7.70. The average Bonchev–Trinajstić information content (AvgIpc) is 3.67. The van der Waals surface area contributed by atoms with Gasteiger partial charge in [-0.3, -0.25) is 0 Å². The predicted molar refractivity (Wildman–Crippen MR) is 229 cm³/mol. The summed E-state index contributed by atoms with van der Waals surface area (Å²) in [6.07, 6.45) is 14.7. The van der Waals surface area contributed by atoms with Crippen molar-refractivity contribution in [3.63, 3.8) is 0 Å². The Labute approximate surface area is 318 Å². The number of para-hydroxylation sites is 2. The molecule has 0 spiro atoms. The van der Waals surface area contributed by atoms with Crippen molar-refractivity contribution >= 4 is 38.8 Å². The number of anilines is 2. The summed E-state index contributed by atoms with van der Waals surface area (Å²) in [5.41, 5.74) is 15.5. The van der Waals surface area contributed by atoms with Gasteiger partial charge in [-0.15, -0.1) is 0 Å². The zero-order valence-electron chi connectivity index (χ0n) is 31.2. The SMILES string of the molecule is CC1C=CC=CC1c1ccc(-n2c3ccccc3c3cc(-c4ccc(N(C5=CC=C6c7ccccc7C(C)(C)[C@@H]6C5)c5ccccc5)cc4)ccc32)cc1. The Morgan fingerprint density at radius 2 is 1.30 bits per heavy atom. The lowest BCUT2D eigenvalue weighted by Gasteiger charge is -2.36. The van der Waals surface area contributed by atoms with Gasteiger partial charge >= 0.3 is 0 Å². The minimum Gasteiger partial charge on any atom is -0.314 e. The number of nitrogens with zero attached hydrogens (tertiary/aromatic N) is 2. The van der Waals surface area contributed by atoms with E-state index >= 15 is 0 Å². The highest BCUT2D eigenvalue weighted by molar-refractivity contribution is 6.10. The van der Waals surface area contributed by atoms with E-state index in [9.17, 15) is 0 Å². The fourth-order valence-corrected chi connectivity index (χ4v) is 9.53. The summed E-state index contributed by atoms with van der Waals surface area (Å²) < 4.78 is 2.42. The predicted octanol–water partition coefficient (Wildman–Crippen LogP) is 13.7. The number of benzene rings is 6. The van der Waals surface area contributed by atoms with Crippen LogP contribution in [0.15, 0.2) is 188 Å². The number of aromatic nitrogens is 1. The molecule has 0 radical (unpaired) electrons. The van der Waals surface area contributed by atoms with Crippen molar-refractivity contribution in [2.75, 3.05) is 4.90 Å². The molecule has 0 aliphatic heterocycles. The van der Waals surface area contributed by atoms with Crippen LogP contribution in [0.2, 0.25) is 0 Å². The summed E-state index contributed by atoms with van der Waals surface area (Å²) in [6.45, 7) is 7.13. The molecule has 0 saturated carbocycles. The molecule has 2 nitrogen and oxygen atoms in total. The fraction of sp³-hybridized carbons (Fsp3) is 0.154. The third-order valence-corrected chi connectivity index (χ3v) is 12.4. The molecule has 10 rings (SSSR count). The van der Waals surface area contributed by atoms with Gasteiger partial charge in [-0.25, -0.2) is 0 Å². The van der Waals surface area contributed by atoms with Crippen LogP contribution in [0.1, 0.15) is 49.8 Å². The van der Waals surface area contributed by atoms with Crippen molar-refractivity contribution in [3.05, 3.63) is 204 Å². The van der Waals surface area contributed by atoms with Crippen molar-refractivity contribution < 1.29 is 0 Å². The monoisotopic (exact) mass is 696 g/mol. The maximum absolute atomic E-state index is 2.46. The first-order valence-electron chi connectivity index (χ1n) is 19.4. The highest BCUT2D eigenvalue weighted by Gasteiger charge is 2.44. The maximum atomic E-state index is 2.46. The van der Waals surface area contributed by atoms with Crippen LogP contribution >= 0.6 is 0 Å². The maximum Gasteiger partial charge on any atom is 0.0541 e. The molecule has 0 fully saturated rings. The third kappa shape index (κ3) is 5.23. The van der Waals surface area contributed by atoms with Gasteiger partial charge in [0.1, 0.15) is 0 Å². The Bertz CT molecular complexity index is 2660. The second-order valence-corrected chi connectivity index (χ2v) is 15.9. The van der Waals surface area contributed by atoms with Crippen molar-refractivity contribution in [1.29, 1.82) is 0 Å². The first kappa shape index (κ1) is 32.5. The average molecular weight is 697 g/mol. The quantitative estimate of drug-likeness (QED) is 0.168. The summed E-state index contributed by atoms with van der Waals surface area (Å²) in [5.74, 6) is 1.34. The van der Waals surface area contributed by atoms with Crippen LogP contribution in [0.25, 0.3) is 44.2 Å². The number of hydrogen-bond acceptors (Lipinski definition) is 1. The van der Waals surface area contributed by atoms with Crippen LogP contribution in [0.5, 0.6) is 0 Å². The molecule has 54 heavy (non-hydrogen) atoms. The summed E-state index contributed by atoms with van der Waals surface area (Å²) >= 11 is 0. The molecular weight excluding hydrogens is 653 g/mol. The molecule has 1 heterocycles. The normalized spacial score (nSPS) is 19.7. The van der Waals surface area contributed by atoms with Gasteiger partial charge < -0.3 is 9.47 Å². The van der Waals surface area contributed by atoms with Gasteiger partial charge in [0.05, 0.1) is 11.0 Å². The van der Waals surface area contributed by atoms with Gasteiger partial charge in [0.15, 0.2) is 0 Å². The van der Waals surface area contributed by atoms with Gasteiger partial charge in [0.2, 0.25) is 0 Å². The van der Waals surface area contributed by atoms with Crippen LogP contribution < -0.4 is 4.90 Å². The van der Waals surface area contributed by atoms with Crippen LogP contribution in [-0.4, -0.2) is 4.57 Å². The van der Waals surface area contributed by atoms with E-state index in [1.54, 1.807) is 0 Å². The largest absolute Gasteiger partial charge is 0.314 e. The summed E-state index contributed by atoms with van der Waals surface area (Å²) in [5, 5.41) is 2.54. The number of rotatable bonds is 6. The van der Waals surface area contributed by atoms with Gasteiger partial charge in [-0.05, 0) is 118 Å². The van der Waals surface area contributed by atoms with Gasteiger partial charge in [0.25, 0.3) is 0 Å². The first-order chi connectivity index (χ1) is 26.5. The second kappa shape index (κ2) is 12.8. The minimum atomic E-state index is 0.0719. The van der Waals surface area contributed by atoms with Gasteiger partial charge in [-0.2, -0.15) is 0 Å². The highest BCUT2D eigenvalue weighted by Crippen LogP contribution is 2.54. The van der Waals surface area contributed by atoms with Crippen molar-refractivity contribution in [2.45, 2.75) is 38.5 Å². The van der Waals surface area contributed by atoms with Crippen LogP contribution in [0, 0.1) is 11.8 Å². The molecular formula is C52H44N2. The molecule has 1 aromatic heterocycles. The number of fused-ring (bicyclic) bond motifs is 6. The molecule has 2 heteroatoms. The van der Waals surface area contributed by atoms with E-state index in [2.05, 4.69) is 212 Å². The Morgan fingerprint density at radius 1 is 0.611 bits per heavy atom. The summed E-state index contributed by atoms with van der Waals surface area (Å²) in [6, 6.07) is 54.0. The van der Waals surface area contributed by atoms with E-state index < -0.39 is 0 Å². The molecule has 3 aliphatic rings. The lowest BCUT2D eigenvalue weighted by Crippen LogP contribution is -2.28. The fourth-order valence-electron chi connectivity index (χ4n) is 9.53. The van der Waals surface area contributed by atoms with Crippen LogP contribution in [0.3, 0.4) is 0 Å². The van der Waals surface area contributed by atoms with Crippen molar-refractivity contribution in [3.8, 4) is 16.8 Å². The van der Waals surface area contributed by atoms with E-state index in [0.717, 1.165) is 6.42 Å². The number of allylic oxidation sites excluding steroid dienone is 8. The zero-order valence-corrected chi connectivity index (χ0v) is 31.2. The van der Waals surface area contributed by atoms with E-state index in [-0.39, 0.29) is 5.41 Å². The molecule has 7 aromatic rings. The summed E-state index contributed by atoms with van der Waals surface area (Å²) in [7, 11) is 0. The van der Waals surface area contributed by atoms with Crippen molar-refractivity contribution in [2.24, 2.45) is 11.8 Å². The highest BCUT2D eigenvalue weighted by atomic mass is 15.1. The molecule has 0 amide bonds. The van der Waals surface area contributed by atoms with E-state index in [1.165, 1.54) is 78.0 Å². The van der Waals surface area contributed by atoms with E-state index in [0.29, 0.717) is 17.8 Å². The Hall–Kier alpha value is -6.12.